The summed E-state index contributed by atoms with van der Waals surface area (Å²) in [5, 5.41) is 11.8. The molecule has 0 saturated heterocycles. The van der Waals surface area contributed by atoms with Crippen LogP contribution in [0.5, 0.6) is 0 Å². The molecule has 85 heavy (non-hydrogen) atoms. The number of carbonyl (C=O) groups excluding carboxylic acids is 3. The maximum atomic E-state index is 12.9. The summed E-state index contributed by atoms with van der Waals surface area (Å²) in [6.45, 7) is 4.67. The van der Waals surface area contributed by atoms with E-state index in [4.69, 9.17) is 18.9 Å². The Kier molecular flexibility index (Phi) is 63.7. The van der Waals surface area contributed by atoms with E-state index in [0.29, 0.717) is 23.9 Å². The fourth-order valence-electron chi connectivity index (χ4n) is 10.2. The number of carboxylic acids is 1. The van der Waals surface area contributed by atoms with Crippen LogP contribution in [-0.2, 0) is 33.3 Å². The first-order valence-electron chi connectivity index (χ1n) is 35.7. The SMILES string of the molecule is CC/C=C\C/C=C\C/C=C\C/C=C\C/C=C\C/C=C\CCCCCCCCCCCCCCC(=O)OC(COC(=O)CCCCCCCCCCCCCCCCCCC/C=C\CCCCCCCCCC)COC(OCC[N+](C)(C)C)C(=O)[O-]. The van der Waals surface area contributed by atoms with Crippen molar-refractivity contribution in [3.05, 3.63) is 85.1 Å². The maximum Gasteiger partial charge on any atom is 0.306 e. The Morgan fingerprint density at radius 2 is 0.671 bits per heavy atom. The van der Waals surface area contributed by atoms with Gasteiger partial charge >= 0.3 is 11.9 Å². The van der Waals surface area contributed by atoms with Crippen molar-refractivity contribution in [2.24, 2.45) is 0 Å². The average Bonchev–Trinajstić information content (AvgIpc) is 3.49. The number of nitrogens with zero attached hydrogens (tertiary/aromatic N) is 1. The van der Waals surface area contributed by atoms with Crippen LogP contribution < -0.4 is 5.11 Å². The second-order valence-electron chi connectivity index (χ2n) is 25.1. The molecule has 0 aromatic carbocycles. The highest BCUT2D eigenvalue weighted by Crippen LogP contribution is 2.18. The topological polar surface area (TPSA) is 111 Å². The number of hydrogen-bond donors (Lipinski definition) is 0. The molecule has 2 unspecified atom stereocenters. The third kappa shape index (κ3) is 67.8. The van der Waals surface area contributed by atoms with Gasteiger partial charge in [0.1, 0.15) is 13.2 Å². The van der Waals surface area contributed by atoms with Gasteiger partial charge in [0.25, 0.3) is 0 Å². The highest BCUT2D eigenvalue weighted by Gasteiger charge is 2.22. The van der Waals surface area contributed by atoms with E-state index in [1.165, 1.54) is 212 Å². The van der Waals surface area contributed by atoms with Crippen molar-refractivity contribution in [3.8, 4) is 0 Å². The number of ether oxygens (including phenoxy) is 4. The number of carbonyl (C=O) groups is 3. The molecule has 0 aromatic rings. The van der Waals surface area contributed by atoms with Crippen LogP contribution in [0.1, 0.15) is 322 Å². The van der Waals surface area contributed by atoms with Crippen molar-refractivity contribution in [1.82, 2.24) is 0 Å². The summed E-state index contributed by atoms with van der Waals surface area (Å²) in [6, 6.07) is 0. The van der Waals surface area contributed by atoms with E-state index in [9.17, 15) is 19.5 Å². The number of esters is 2. The Bertz CT molecular complexity index is 1670. The third-order valence-electron chi connectivity index (χ3n) is 15.6. The standard InChI is InChI=1S/C76H135NO8/c1-6-8-10-12-14-16-18-20-22-24-26-28-30-32-34-36-37-39-41-43-45-47-49-51-53-55-57-59-61-63-65-67-74(79)85-72(71-84-76(75(80)81)82-69-68-77(3,4)5)70-83-73(78)66-64-62-60-58-56-54-52-50-48-46-44-42-40-38-35-33-31-29-27-25-23-21-19-17-15-13-11-9-7-2/h8,10,14,16,20,22,25-28,32,34,37,39,72,76H,6-7,9,11-13,15,17-19,21,23-24,29-31,33,35-36,38,40-71H2,1-5H3/b10-8-,16-14-,22-20-,27-25-,28-26-,34-32-,39-37-. The minimum Gasteiger partial charge on any atom is -0.545 e. The molecule has 0 N–H and O–H groups in total. The van der Waals surface area contributed by atoms with Gasteiger partial charge in [-0.1, -0.05) is 304 Å². The monoisotopic (exact) mass is 1190 g/mol. The van der Waals surface area contributed by atoms with E-state index < -0.39 is 24.3 Å². The molecule has 0 fully saturated rings. The van der Waals surface area contributed by atoms with Crippen LogP contribution in [-0.4, -0.2) is 82.3 Å². The number of rotatable bonds is 66. The Morgan fingerprint density at radius 1 is 0.365 bits per heavy atom. The first-order chi connectivity index (χ1) is 41.6. The number of likely N-dealkylation sites (N-methyl/N-ethyl adjacent to an activating group) is 1. The average molecular weight is 1190 g/mol. The van der Waals surface area contributed by atoms with Crippen LogP contribution in [0.4, 0.5) is 0 Å². The van der Waals surface area contributed by atoms with Crippen LogP contribution in [0.15, 0.2) is 85.1 Å². The molecule has 0 saturated carbocycles. The van der Waals surface area contributed by atoms with Crippen LogP contribution in [0, 0.1) is 0 Å². The van der Waals surface area contributed by atoms with Gasteiger partial charge < -0.3 is 33.3 Å². The zero-order valence-corrected chi connectivity index (χ0v) is 56.2. The maximum absolute atomic E-state index is 12.9. The Labute approximate surface area is 525 Å². The quantitative estimate of drug-likeness (QED) is 0.0195. The molecule has 0 aliphatic carbocycles. The molecular weight excluding hydrogens is 1050 g/mol. The molecule has 2 atom stereocenters. The highest BCUT2D eigenvalue weighted by atomic mass is 16.7. The minimum atomic E-state index is -1.63. The molecule has 0 bridgehead atoms. The van der Waals surface area contributed by atoms with Gasteiger partial charge in [-0.3, -0.25) is 9.59 Å². The summed E-state index contributed by atoms with van der Waals surface area (Å²) >= 11 is 0. The first-order valence-corrected chi connectivity index (χ1v) is 35.7. The largest absolute Gasteiger partial charge is 0.545 e. The lowest BCUT2D eigenvalue weighted by Gasteiger charge is -2.26. The van der Waals surface area contributed by atoms with E-state index in [0.717, 1.165) is 77.0 Å². The van der Waals surface area contributed by atoms with Crippen LogP contribution in [0.3, 0.4) is 0 Å². The Balaban J connectivity index is 4.11. The smallest absolute Gasteiger partial charge is 0.306 e. The molecule has 0 aliphatic rings. The number of carboxylic acid groups (broad SMARTS) is 1. The predicted molar refractivity (Wildman–Crippen MR) is 361 cm³/mol. The van der Waals surface area contributed by atoms with Gasteiger partial charge in [0.2, 0.25) is 0 Å². The van der Waals surface area contributed by atoms with Crippen molar-refractivity contribution < 1.29 is 42.9 Å². The third-order valence-corrected chi connectivity index (χ3v) is 15.6. The van der Waals surface area contributed by atoms with Crippen LogP contribution in [0.2, 0.25) is 0 Å². The van der Waals surface area contributed by atoms with E-state index in [2.05, 4.69) is 98.9 Å². The molecule has 0 rings (SSSR count). The second-order valence-corrected chi connectivity index (χ2v) is 25.1. The van der Waals surface area contributed by atoms with Crippen molar-refractivity contribution in [1.29, 1.82) is 0 Å². The Morgan fingerprint density at radius 3 is 1.01 bits per heavy atom. The lowest BCUT2D eigenvalue weighted by atomic mass is 10.0. The molecule has 0 aromatic heterocycles. The second kappa shape index (κ2) is 66.4. The number of quaternary nitrogens is 1. The molecule has 9 nitrogen and oxygen atoms in total. The van der Waals surface area contributed by atoms with Gasteiger partial charge in [0, 0.05) is 12.8 Å². The minimum absolute atomic E-state index is 0.146. The van der Waals surface area contributed by atoms with Crippen molar-refractivity contribution >= 4 is 17.9 Å². The van der Waals surface area contributed by atoms with Crippen molar-refractivity contribution in [3.63, 3.8) is 0 Å². The van der Waals surface area contributed by atoms with Gasteiger partial charge in [0.15, 0.2) is 12.4 Å². The van der Waals surface area contributed by atoms with Crippen molar-refractivity contribution in [2.45, 2.75) is 334 Å². The van der Waals surface area contributed by atoms with Crippen LogP contribution in [0.25, 0.3) is 0 Å². The van der Waals surface area contributed by atoms with Gasteiger partial charge in [0.05, 0.1) is 40.3 Å². The Hall–Kier alpha value is -3.53. The summed E-state index contributed by atoms with van der Waals surface area (Å²) < 4.78 is 22.8. The molecule has 0 heterocycles. The summed E-state index contributed by atoms with van der Waals surface area (Å²) in [5.74, 6) is -2.27. The molecule has 0 radical (unpaired) electrons. The van der Waals surface area contributed by atoms with Gasteiger partial charge in [-0.05, 0) is 89.9 Å². The normalized spacial score (nSPS) is 13.2. The van der Waals surface area contributed by atoms with E-state index in [1.807, 2.05) is 21.1 Å². The molecule has 0 amide bonds. The number of hydrogen-bond acceptors (Lipinski definition) is 8. The summed E-state index contributed by atoms with van der Waals surface area (Å²) in [6.07, 6.45) is 86.7. The lowest BCUT2D eigenvalue weighted by molar-refractivity contribution is -0.870. The van der Waals surface area contributed by atoms with Crippen LogP contribution >= 0.6 is 0 Å². The molecule has 0 aliphatic heterocycles. The van der Waals surface area contributed by atoms with Gasteiger partial charge in [-0.15, -0.1) is 0 Å². The number of unbranched alkanes of at least 4 members (excludes halogenated alkanes) is 37. The lowest BCUT2D eigenvalue weighted by Crippen LogP contribution is -2.44. The zero-order chi connectivity index (χ0) is 61.9. The molecular formula is C76H135NO8. The fraction of sp³-hybridized carbons (Fsp3) is 0.776. The van der Waals surface area contributed by atoms with Gasteiger partial charge in [-0.25, -0.2) is 0 Å². The molecule has 492 valence electrons. The molecule has 0 spiro atoms. The van der Waals surface area contributed by atoms with E-state index in [1.54, 1.807) is 0 Å². The number of aliphatic carboxylic acids is 1. The summed E-state index contributed by atoms with van der Waals surface area (Å²) in [7, 11) is 5.93. The van der Waals surface area contributed by atoms with E-state index >= 15 is 0 Å². The summed E-state index contributed by atoms with van der Waals surface area (Å²) in [4.78, 5) is 37.5. The van der Waals surface area contributed by atoms with Gasteiger partial charge in [-0.2, -0.15) is 0 Å². The first kappa shape index (κ1) is 81.5. The predicted octanol–water partition coefficient (Wildman–Crippen LogP) is 20.9. The van der Waals surface area contributed by atoms with E-state index in [-0.39, 0.29) is 32.2 Å². The fourth-order valence-corrected chi connectivity index (χ4v) is 10.2. The highest BCUT2D eigenvalue weighted by molar-refractivity contribution is 5.70. The zero-order valence-electron chi connectivity index (χ0n) is 56.2. The molecule has 9 heteroatoms. The van der Waals surface area contributed by atoms with Crippen molar-refractivity contribution in [2.75, 3.05) is 47.5 Å². The number of allylic oxidation sites excluding steroid dienone is 14. The summed E-state index contributed by atoms with van der Waals surface area (Å²) in [5.41, 5.74) is 0.